The molecule has 2 aromatic rings. The highest BCUT2D eigenvalue weighted by Gasteiger charge is 2.03. The molecule has 0 N–H and O–H groups in total. The van der Waals surface area contributed by atoms with Crippen molar-refractivity contribution in [2.75, 3.05) is 7.11 Å². The molecule has 1 aromatic carbocycles. The SMILES string of the molecule is COc1cc2cnccc2cc1F. The molecule has 1 heterocycles. The predicted octanol–water partition coefficient (Wildman–Crippen LogP) is 2.38. The maximum absolute atomic E-state index is 13.2. The lowest BCUT2D eigenvalue weighted by molar-refractivity contribution is 0.387. The van der Waals surface area contributed by atoms with Crippen LogP contribution in [0.4, 0.5) is 4.39 Å². The summed E-state index contributed by atoms with van der Waals surface area (Å²) in [6, 6.07) is 4.84. The van der Waals surface area contributed by atoms with Gasteiger partial charge in [0.25, 0.3) is 0 Å². The molecule has 0 unspecified atom stereocenters. The zero-order chi connectivity index (χ0) is 9.26. The van der Waals surface area contributed by atoms with E-state index >= 15 is 0 Å². The van der Waals surface area contributed by atoms with Crippen LogP contribution in [0.5, 0.6) is 5.75 Å². The van der Waals surface area contributed by atoms with Gasteiger partial charge < -0.3 is 4.74 Å². The zero-order valence-electron chi connectivity index (χ0n) is 7.12. The molecule has 0 saturated carbocycles. The molecule has 0 aliphatic rings. The fraction of sp³-hybridized carbons (Fsp3) is 0.100. The minimum absolute atomic E-state index is 0.250. The number of halogens is 1. The number of aromatic nitrogens is 1. The van der Waals surface area contributed by atoms with Gasteiger partial charge in [0.2, 0.25) is 0 Å². The molecule has 0 fully saturated rings. The van der Waals surface area contributed by atoms with Gasteiger partial charge in [-0.25, -0.2) is 4.39 Å². The van der Waals surface area contributed by atoms with Gasteiger partial charge in [-0.3, -0.25) is 4.98 Å². The first-order valence-electron chi connectivity index (χ1n) is 3.88. The van der Waals surface area contributed by atoms with E-state index in [2.05, 4.69) is 4.98 Å². The van der Waals surface area contributed by atoms with Gasteiger partial charge in [-0.05, 0) is 23.6 Å². The van der Waals surface area contributed by atoms with Crippen LogP contribution >= 0.6 is 0 Å². The number of benzene rings is 1. The third kappa shape index (κ3) is 1.33. The van der Waals surface area contributed by atoms with E-state index in [1.165, 1.54) is 13.2 Å². The van der Waals surface area contributed by atoms with Crippen molar-refractivity contribution in [2.24, 2.45) is 0 Å². The van der Waals surface area contributed by atoms with Crippen LogP contribution in [-0.4, -0.2) is 12.1 Å². The molecule has 66 valence electrons. The summed E-state index contributed by atoms with van der Waals surface area (Å²) in [7, 11) is 1.45. The Morgan fingerprint density at radius 2 is 2.15 bits per heavy atom. The van der Waals surface area contributed by atoms with Crippen molar-refractivity contribution in [3.8, 4) is 5.75 Å². The maximum atomic E-state index is 13.2. The highest BCUT2D eigenvalue weighted by Crippen LogP contribution is 2.23. The fourth-order valence-electron chi connectivity index (χ4n) is 1.24. The Labute approximate surface area is 75.0 Å². The summed E-state index contributed by atoms with van der Waals surface area (Å²) in [4.78, 5) is 3.94. The standard InChI is InChI=1S/C10H8FNO/c1-13-10-5-8-6-12-3-2-7(8)4-9(10)11/h2-6H,1H3. The number of hydrogen-bond donors (Lipinski definition) is 0. The molecule has 0 amide bonds. The Bertz CT molecular complexity index is 442. The molecule has 3 heteroatoms. The summed E-state index contributed by atoms with van der Waals surface area (Å²) < 4.78 is 18.0. The van der Waals surface area contributed by atoms with Crippen LogP contribution in [0.1, 0.15) is 0 Å². The zero-order valence-corrected chi connectivity index (χ0v) is 7.12. The van der Waals surface area contributed by atoms with Crippen molar-refractivity contribution in [3.63, 3.8) is 0 Å². The Kier molecular flexibility index (Phi) is 1.85. The first-order valence-corrected chi connectivity index (χ1v) is 3.88. The molecule has 2 rings (SSSR count). The topological polar surface area (TPSA) is 22.1 Å². The number of rotatable bonds is 1. The molecule has 0 bridgehead atoms. The lowest BCUT2D eigenvalue weighted by Gasteiger charge is -2.03. The smallest absolute Gasteiger partial charge is 0.165 e. The molecule has 0 aliphatic heterocycles. The largest absolute Gasteiger partial charge is 0.494 e. The Morgan fingerprint density at radius 3 is 2.92 bits per heavy atom. The van der Waals surface area contributed by atoms with E-state index in [0.29, 0.717) is 0 Å². The average molecular weight is 177 g/mol. The van der Waals surface area contributed by atoms with Crippen molar-refractivity contribution in [1.29, 1.82) is 0 Å². The maximum Gasteiger partial charge on any atom is 0.165 e. The van der Waals surface area contributed by atoms with Crippen LogP contribution in [0.15, 0.2) is 30.6 Å². The van der Waals surface area contributed by atoms with E-state index in [1.807, 2.05) is 0 Å². The second-order valence-electron chi connectivity index (χ2n) is 2.71. The molecule has 13 heavy (non-hydrogen) atoms. The van der Waals surface area contributed by atoms with Gasteiger partial charge >= 0.3 is 0 Å². The summed E-state index contributed by atoms with van der Waals surface area (Å²) in [5.41, 5.74) is 0. The normalized spacial score (nSPS) is 10.3. The molecule has 2 nitrogen and oxygen atoms in total. The van der Waals surface area contributed by atoms with Gasteiger partial charge in [0.15, 0.2) is 11.6 Å². The minimum atomic E-state index is -0.346. The molecule has 1 aromatic heterocycles. The number of fused-ring (bicyclic) bond motifs is 1. The van der Waals surface area contributed by atoms with Gasteiger partial charge in [-0.2, -0.15) is 0 Å². The van der Waals surface area contributed by atoms with Crippen LogP contribution in [-0.2, 0) is 0 Å². The third-order valence-electron chi connectivity index (χ3n) is 1.91. The molecular weight excluding hydrogens is 169 g/mol. The number of ether oxygens (including phenoxy) is 1. The van der Waals surface area contributed by atoms with Gasteiger partial charge in [0.05, 0.1) is 7.11 Å². The van der Waals surface area contributed by atoms with Crippen molar-refractivity contribution in [3.05, 3.63) is 36.4 Å². The van der Waals surface area contributed by atoms with Crippen molar-refractivity contribution in [1.82, 2.24) is 4.98 Å². The van der Waals surface area contributed by atoms with E-state index < -0.39 is 0 Å². The first-order chi connectivity index (χ1) is 6.31. The second kappa shape index (κ2) is 3.01. The van der Waals surface area contributed by atoms with Gasteiger partial charge in [0.1, 0.15) is 0 Å². The first kappa shape index (κ1) is 7.98. The average Bonchev–Trinajstić information content (AvgIpc) is 2.17. The van der Waals surface area contributed by atoms with Crippen molar-refractivity contribution < 1.29 is 9.13 Å². The van der Waals surface area contributed by atoms with Crippen molar-refractivity contribution >= 4 is 10.8 Å². The molecule has 0 atom stereocenters. The number of nitrogens with zero attached hydrogens (tertiary/aromatic N) is 1. The van der Waals surface area contributed by atoms with E-state index in [0.717, 1.165) is 10.8 Å². The minimum Gasteiger partial charge on any atom is -0.494 e. The highest BCUT2D eigenvalue weighted by molar-refractivity contribution is 5.82. The summed E-state index contributed by atoms with van der Waals surface area (Å²) in [6.45, 7) is 0. The highest BCUT2D eigenvalue weighted by atomic mass is 19.1. The van der Waals surface area contributed by atoms with Gasteiger partial charge in [-0.1, -0.05) is 0 Å². The Hall–Kier alpha value is -1.64. The van der Waals surface area contributed by atoms with E-state index in [4.69, 9.17) is 4.74 Å². The van der Waals surface area contributed by atoms with Crippen LogP contribution < -0.4 is 4.74 Å². The monoisotopic (exact) mass is 177 g/mol. The summed E-state index contributed by atoms with van der Waals surface area (Å²) >= 11 is 0. The lowest BCUT2D eigenvalue weighted by Crippen LogP contribution is -1.88. The molecule has 0 spiro atoms. The van der Waals surface area contributed by atoms with Crippen LogP contribution in [0.2, 0.25) is 0 Å². The summed E-state index contributed by atoms with van der Waals surface area (Å²) in [5, 5.41) is 1.70. The van der Waals surface area contributed by atoms with Gasteiger partial charge in [-0.15, -0.1) is 0 Å². The Morgan fingerprint density at radius 1 is 1.31 bits per heavy atom. The third-order valence-corrected chi connectivity index (χ3v) is 1.91. The summed E-state index contributed by atoms with van der Waals surface area (Å²) in [5.74, 6) is -0.0956. The van der Waals surface area contributed by atoms with Crippen LogP contribution in [0.25, 0.3) is 10.8 Å². The lowest BCUT2D eigenvalue weighted by atomic mass is 10.1. The molecule has 0 radical (unpaired) electrons. The van der Waals surface area contributed by atoms with E-state index in [-0.39, 0.29) is 11.6 Å². The quantitative estimate of drug-likeness (QED) is 0.667. The summed E-state index contributed by atoms with van der Waals surface area (Å²) in [6.07, 6.45) is 3.31. The van der Waals surface area contributed by atoms with Crippen molar-refractivity contribution in [2.45, 2.75) is 0 Å². The Balaban J connectivity index is 2.74. The fourth-order valence-corrected chi connectivity index (χ4v) is 1.24. The second-order valence-corrected chi connectivity index (χ2v) is 2.71. The van der Waals surface area contributed by atoms with E-state index in [1.54, 1.807) is 24.5 Å². The molecule has 0 aliphatic carbocycles. The van der Waals surface area contributed by atoms with E-state index in [9.17, 15) is 4.39 Å². The number of methoxy groups -OCH3 is 1. The number of hydrogen-bond acceptors (Lipinski definition) is 2. The molecule has 0 saturated heterocycles. The predicted molar refractivity (Wildman–Crippen MR) is 48.3 cm³/mol. The number of pyridine rings is 1. The van der Waals surface area contributed by atoms with Crippen LogP contribution in [0, 0.1) is 5.82 Å². The molecular formula is C10H8FNO. The van der Waals surface area contributed by atoms with Gasteiger partial charge in [0, 0.05) is 17.8 Å². The van der Waals surface area contributed by atoms with Crippen LogP contribution in [0.3, 0.4) is 0 Å².